The van der Waals surface area contributed by atoms with Crippen LogP contribution in [-0.2, 0) is 4.79 Å². The molecule has 0 saturated heterocycles. The lowest BCUT2D eigenvalue weighted by Crippen LogP contribution is -2.12. The van der Waals surface area contributed by atoms with E-state index >= 15 is 0 Å². The molecule has 1 amide bonds. The molecule has 0 aliphatic heterocycles. The van der Waals surface area contributed by atoms with Crippen LogP contribution in [0.1, 0.15) is 24.5 Å². The van der Waals surface area contributed by atoms with Crippen molar-refractivity contribution in [1.82, 2.24) is 5.43 Å². The Morgan fingerprint density at radius 1 is 1.16 bits per heavy atom. The second kappa shape index (κ2) is 9.69. The van der Waals surface area contributed by atoms with Crippen LogP contribution < -0.4 is 14.9 Å². The van der Waals surface area contributed by atoms with E-state index < -0.39 is 0 Å². The first-order valence-electron chi connectivity index (χ1n) is 7.96. The van der Waals surface area contributed by atoms with Gasteiger partial charge in [-0.05, 0) is 36.8 Å². The molecular formula is C19H21ClN2O3. The van der Waals surface area contributed by atoms with Crippen molar-refractivity contribution in [2.24, 2.45) is 5.10 Å². The minimum Gasteiger partial charge on any atom is -0.493 e. The molecule has 0 atom stereocenters. The van der Waals surface area contributed by atoms with Gasteiger partial charge in [-0.3, -0.25) is 4.79 Å². The molecule has 1 N–H and O–H groups in total. The van der Waals surface area contributed by atoms with Crippen LogP contribution >= 0.6 is 11.6 Å². The van der Waals surface area contributed by atoms with Crippen molar-refractivity contribution in [3.05, 3.63) is 58.6 Å². The normalized spacial score (nSPS) is 10.7. The predicted octanol–water partition coefficient (Wildman–Crippen LogP) is 3.97. The number of hydrazone groups is 1. The van der Waals surface area contributed by atoms with Gasteiger partial charge in [-0.15, -0.1) is 0 Å². The summed E-state index contributed by atoms with van der Waals surface area (Å²) in [6.07, 6.45) is 2.24. The lowest BCUT2D eigenvalue weighted by atomic mass is 10.2. The first-order chi connectivity index (χ1) is 12.1. The number of benzene rings is 2. The molecule has 0 aliphatic rings. The summed E-state index contributed by atoms with van der Waals surface area (Å²) in [6, 6.07) is 13.2. The molecule has 0 heterocycles. The van der Waals surface area contributed by atoms with Crippen LogP contribution in [0.5, 0.6) is 11.5 Å². The largest absolute Gasteiger partial charge is 0.493 e. The first kappa shape index (κ1) is 18.8. The van der Waals surface area contributed by atoms with Gasteiger partial charge in [0, 0.05) is 23.9 Å². The van der Waals surface area contributed by atoms with Gasteiger partial charge in [0.1, 0.15) is 11.5 Å². The van der Waals surface area contributed by atoms with Gasteiger partial charge in [-0.25, -0.2) is 5.43 Å². The van der Waals surface area contributed by atoms with E-state index in [0.29, 0.717) is 29.5 Å². The molecule has 0 saturated carbocycles. The van der Waals surface area contributed by atoms with E-state index in [-0.39, 0.29) is 5.91 Å². The van der Waals surface area contributed by atoms with Crippen molar-refractivity contribution in [2.45, 2.75) is 20.3 Å². The molecule has 0 aromatic heterocycles. The fourth-order valence-electron chi connectivity index (χ4n) is 2.09. The van der Waals surface area contributed by atoms with Crippen LogP contribution in [0.2, 0.25) is 5.02 Å². The van der Waals surface area contributed by atoms with E-state index in [1.807, 2.05) is 31.2 Å². The van der Waals surface area contributed by atoms with Crippen molar-refractivity contribution < 1.29 is 14.3 Å². The van der Waals surface area contributed by atoms with Crippen molar-refractivity contribution >= 4 is 23.7 Å². The van der Waals surface area contributed by atoms with Crippen LogP contribution in [0, 0.1) is 6.92 Å². The van der Waals surface area contributed by atoms with E-state index in [9.17, 15) is 4.79 Å². The monoisotopic (exact) mass is 360 g/mol. The summed E-state index contributed by atoms with van der Waals surface area (Å²) in [7, 11) is 0. The predicted molar refractivity (Wildman–Crippen MR) is 99.6 cm³/mol. The van der Waals surface area contributed by atoms with E-state index in [1.165, 1.54) is 13.1 Å². The Balaban J connectivity index is 1.84. The zero-order valence-corrected chi connectivity index (χ0v) is 15.0. The minimum absolute atomic E-state index is 0.242. The molecule has 25 heavy (non-hydrogen) atoms. The zero-order valence-electron chi connectivity index (χ0n) is 14.3. The number of carbonyl (C=O) groups excluding carboxylic acids is 1. The van der Waals surface area contributed by atoms with Crippen molar-refractivity contribution in [3.63, 3.8) is 0 Å². The lowest BCUT2D eigenvalue weighted by molar-refractivity contribution is -0.118. The Bertz CT molecular complexity index is 747. The van der Waals surface area contributed by atoms with Gasteiger partial charge in [0.25, 0.3) is 0 Å². The van der Waals surface area contributed by atoms with Crippen LogP contribution in [-0.4, -0.2) is 25.3 Å². The topological polar surface area (TPSA) is 59.9 Å². The summed E-state index contributed by atoms with van der Waals surface area (Å²) in [5, 5.41) is 4.42. The van der Waals surface area contributed by atoms with Crippen LogP contribution in [0.15, 0.2) is 47.6 Å². The molecule has 2 aromatic carbocycles. The number of nitrogens with one attached hydrogen (secondary N) is 1. The third-order valence-corrected chi connectivity index (χ3v) is 3.53. The fourth-order valence-corrected chi connectivity index (χ4v) is 2.27. The highest BCUT2D eigenvalue weighted by atomic mass is 35.5. The molecule has 0 unspecified atom stereocenters. The number of hydrogen-bond donors (Lipinski definition) is 1. The Morgan fingerprint density at radius 2 is 1.88 bits per heavy atom. The molecular weight excluding hydrogens is 340 g/mol. The van der Waals surface area contributed by atoms with Gasteiger partial charge in [0.05, 0.1) is 19.4 Å². The van der Waals surface area contributed by atoms with Crippen LogP contribution in [0.3, 0.4) is 0 Å². The highest BCUT2D eigenvalue weighted by Gasteiger charge is 2.04. The summed E-state index contributed by atoms with van der Waals surface area (Å²) in [4.78, 5) is 10.9. The third kappa shape index (κ3) is 6.47. The molecule has 6 heteroatoms. The third-order valence-electron chi connectivity index (χ3n) is 3.29. The molecule has 132 valence electrons. The molecule has 2 aromatic rings. The quantitative estimate of drug-likeness (QED) is 0.440. The highest BCUT2D eigenvalue weighted by molar-refractivity contribution is 6.30. The van der Waals surface area contributed by atoms with Gasteiger partial charge in [0.2, 0.25) is 5.91 Å². The van der Waals surface area contributed by atoms with Crippen LogP contribution in [0.4, 0.5) is 0 Å². The van der Waals surface area contributed by atoms with Crippen LogP contribution in [0.25, 0.3) is 0 Å². The minimum atomic E-state index is -0.242. The summed E-state index contributed by atoms with van der Waals surface area (Å²) in [6.45, 7) is 4.46. The molecule has 0 spiro atoms. The highest BCUT2D eigenvalue weighted by Crippen LogP contribution is 2.22. The van der Waals surface area contributed by atoms with E-state index in [0.717, 1.165) is 17.7 Å². The van der Waals surface area contributed by atoms with Crippen molar-refractivity contribution in [3.8, 4) is 11.5 Å². The standard InChI is InChI=1S/C19H21ClN2O3/c1-14-6-3-4-7-18(14)24-10-5-11-25-19-9-8-17(20)12-16(19)13-21-22-15(2)23/h3-4,6-9,12-13H,5,10-11H2,1-2H3,(H,22,23)/b21-13-. The van der Waals surface area contributed by atoms with Crippen molar-refractivity contribution in [1.29, 1.82) is 0 Å². The number of para-hydroxylation sites is 1. The number of amides is 1. The average Bonchev–Trinajstić information content (AvgIpc) is 2.57. The average molecular weight is 361 g/mol. The second-order valence-corrected chi connectivity index (χ2v) is 5.86. The van der Waals surface area contributed by atoms with Gasteiger partial charge >= 0.3 is 0 Å². The van der Waals surface area contributed by atoms with Gasteiger partial charge < -0.3 is 9.47 Å². The van der Waals surface area contributed by atoms with E-state index in [4.69, 9.17) is 21.1 Å². The maximum absolute atomic E-state index is 10.9. The van der Waals surface area contributed by atoms with Gasteiger partial charge in [-0.2, -0.15) is 5.10 Å². The number of halogens is 1. The number of rotatable bonds is 8. The van der Waals surface area contributed by atoms with E-state index in [2.05, 4.69) is 10.5 Å². The first-order valence-corrected chi connectivity index (χ1v) is 8.34. The van der Waals surface area contributed by atoms with Gasteiger partial charge in [0.15, 0.2) is 0 Å². The van der Waals surface area contributed by atoms with Gasteiger partial charge in [-0.1, -0.05) is 29.8 Å². The Morgan fingerprint density at radius 3 is 2.60 bits per heavy atom. The number of ether oxygens (including phenoxy) is 2. The summed E-state index contributed by atoms with van der Waals surface area (Å²) in [5.74, 6) is 1.29. The summed E-state index contributed by atoms with van der Waals surface area (Å²) >= 11 is 6.00. The molecule has 2 rings (SSSR count). The fraction of sp³-hybridized carbons (Fsp3) is 0.263. The molecule has 0 radical (unpaired) electrons. The maximum atomic E-state index is 10.9. The van der Waals surface area contributed by atoms with E-state index in [1.54, 1.807) is 18.2 Å². The second-order valence-electron chi connectivity index (χ2n) is 5.42. The molecule has 0 fully saturated rings. The Hall–Kier alpha value is -2.53. The molecule has 0 aliphatic carbocycles. The zero-order chi connectivity index (χ0) is 18.1. The number of nitrogens with zero attached hydrogens (tertiary/aromatic N) is 1. The number of carbonyl (C=O) groups is 1. The van der Waals surface area contributed by atoms with Crippen molar-refractivity contribution in [2.75, 3.05) is 13.2 Å². The number of hydrogen-bond acceptors (Lipinski definition) is 4. The molecule has 0 bridgehead atoms. The SMILES string of the molecule is CC(=O)N/N=C\c1cc(Cl)ccc1OCCCOc1ccccc1C. The number of aryl methyl sites for hydroxylation is 1. The summed E-state index contributed by atoms with van der Waals surface area (Å²) in [5.41, 5.74) is 4.16. The smallest absolute Gasteiger partial charge is 0.236 e. The maximum Gasteiger partial charge on any atom is 0.236 e. The Labute approximate surface area is 152 Å². The lowest BCUT2D eigenvalue weighted by Gasteiger charge is -2.11. The molecule has 5 nitrogen and oxygen atoms in total. The Kier molecular flexibility index (Phi) is 7.29. The summed E-state index contributed by atoms with van der Waals surface area (Å²) < 4.78 is 11.5.